The third-order valence-electron chi connectivity index (χ3n) is 6.33. The number of rotatable bonds is 6. The lowest BCUT2D eigenvalue weighted by Crippen LogP contribution is -2.47. The van der Waals surface area contributed by atoms with Crippen molar-refractivity contribution in [3.05, 3.63) is 47.7 Å². The van der Waals surface area contributed by atoms with Crippen LogP contribution in [0, 0.1) is 0 Å². The Morgan fingerprint density at radius 1 is 1.07 bits per heavy atom. The lowest BCUT2D eigenvalue weighted by Gasteiger charge is -2.39. The quantitative estimate of drug-likeness (QED) is 0.723. The van der Waals surface area contributed by atoms with Crippen LogP contribution in [-0.2, 0) is 10.2 Å². The molecule has 2 aliphatic heterocycles. The lowest BCUT2D eigenvalue weighted by molar-refractivity contribution is -0.00352. The predicted molar refractivity (Wildman–Crippen MR) is 119 cm³/mol. The summed E-state index contributed by atoms with van der Waals surface area (Å²) in [5.41, 5.74) is 2.49. The van der Waals surface area contributed by atoms with Crippen LogP contribution in [0.1, 0.15) is 37.5 Å². The molecule has 30 heavy (non-hydrogen) atoms. The van der Waals surface area contributed by atoms with Crippen molar-refractivity contribution in [2.24, 2.45) is 0 Å². The number of benzene rings is 1. The minimum Gasteiger partial charge on any atom is -0.493 e. The molecule has 1 atom stereocenters. The first-order valence-corrected chi connectivity index (χ1v) is 10.8. The fraction of sp³-hybridized carbons (Fsp3) is 0.542. The molecule has 0 aliphatic carbocycles. The molecule has 0 bridgehead atoms. The van der Waals surface area contributed by atoms with E-state index in [0.717, 1.165) is 56.5 Å². The molecule has 2 aliphatic rings. The summed E-state index contributed by atoms with van der Waals surface area (Å²) >= 11 is 0. The summed E-state index contributed by atoms with van der Waals surface area (Å²) in [5, 5.41) is 0. The zero-order chi connectivity index (χ0) is 21.1. The van der Waals surface area contributed by atoms with E-state index in [0.29, 0.717) is 6.61 Å². The number of fused-ring (bicyclic) bond motifs is 1. The zero-order valence-electron chi connectivity index (χ0n) is 18.6. The Labute approximate surface area is 179 Å². The number of aromatic nitrogens is 1. The van der Waals surface area contributed by atoms with Crippen molar-refractivity contribution < 1.29 is 14.2 Å². The molecule has 0 saturated carbocycles. The third kappa shape index (κ3) is 4.25. The van der Waals surface area contributed by atoms with Crippen LogP contribution in [0.15, 0.2) is 36.5 Å². The summed E-state index contributed by atoms with van der Waals surface area (Å²) < 4.78 is 17.4. The molecule has 6 nitrogen and oxygen atoms in total. The van der Waals surface area contributed by atoms with Crippen molar-refractivity contribution in [3.63, 3.8) is 0 Å². The van der Waals surface area contributed by atoms with Gasteiger partial charge < -0.3 is 19.1 Å². The second kappa shape index (κ2) is 8.82. The van der Waals surface area contributed by atoms with Crippen LogP contribution in [0.3, 0.4) is 0 Å². The van der Waals surface area contributed by atoms with Crippen LogP contribution in [0.25, 0.3) is 0 Å². The van der Waals surface area contributed by atoms with Crippen LogP contribution >= 0.6 is 0 Å². The van der Waals surface area contributed by atoms with Gasteiger partial charge in [-0.05, 0) is 41.8 Å². The highest BCUT2D eigenvalue weighted by Gasteiger charge is 2.35. The summed E-state index contributed by atoms with van der Waals surface area (Å²) in [6.07, 6.45) is 2.92. The number of methoxy groups -OCH3 is 2. The van der Waals surface area contributed by atoms with Crippen LogP contribution in [0.4, 0.5) is 5.82 Å². The fourth-order valence-electron chi connectivity index (χ4n) is 4.50. The zero-order valence-corrected chi connectivity index (χ0v) is 18.6. The molecule has 0 radical (unpaired) electrons. The molecule has 0 spiro atoms. The minimum atomic E-state index is -0.0420. The fourth-order valence-corrected chi connectivity index (χ4v) is 4.50. The van der Waals surface area contributed by atoms with E-state index < -0.39 is 0 Å². The van der Waals surface area contributed by atoms with Gasteiger partial charge in [-0.25, -0.2) is 4.98 Å². The molecule has 4 rings (SSSR count). The lowest BCUT2D eigenvalue weighted by atomic mass is 9.78. The molecule has 1 fully saturated rings. The number of pyridine rings is 1. The first kappa shape index (κ1) is 20.9. The number of nitrogens with zero attached hydrogens (tertiary/aromatic N) is 3. The minimum absolute atomic E-state index is 0.0420. The van der Waals surface area contributed by atoms with Gasteiger partial charge in [0, 0.05) is 44.3 Å². The van der Waals surface area contributed by atoms with Gasteiger partial charge in [-0.3, -0.25) is 4.90 Å². The van der Waals surface area contributed by atoms with Crippen LogP contribution in [0.2, 0.25) is 0 Å². The number of hydrogen-bond acceptors (Lipinski definition) is 6. The van der Waals surface area contributed by atoms with Crippen LogP contribution in [-0.4, -0.2) is 63.4 Å². The Hall–Kier alpha value is -2.31. The molecular formula is C24H33N3O3. The second-order valence-corrected chi connectivity index (χ2v) is 8.78. The van der Waals surface area contributed by atoms with Gasteiger partial charge in [-0.1, -0.05) is 19.9 Å². The van der Waals surface area contributed by atoms with E-state index in [9.17, 15) is 0 Å². The van der Waals surface area contributed by atoms with Crippen molar-refractivity contribution in [1.82, 2.24) is 9.88 Å². The van der Waals surface area contributed by atoms with E-state index in [1.165, 1.54) is 11.1 Å². The third-order valence-corrected chi connectivity index (χ3v) is 6.33. The van der Waals surface area contributed by atoms with Crippen molar-refractivity contribution in [1.29, 1.82) is 0 Å². The smallest absolute Gasteiger partial charge is 0.161 e. The summed E-state index contributed by atoms with van der Waals surface area (Å²) in [5.74, 6) is 2.63. The second-order valence-electron chi connectivity index (χ2n) is 8.78. The SMILES string of the molecule is COc1cc2c(cc1OC)C(C)(C)COC2CCN1CCN(c2ccccn2)CC1. The Kier molecular flexibility index (Phi) is 6.16. The monoisotopic (exact) mass is 411 g/mol. The average molecular weight is 412 g/mol. The van der Waals surface area contributed by atoms with Gasteiger partial charge in [0.25, 0.3) is 0 Å². The van der Waals surface area contributed by atoms with E-state index in [-0.39, 0.29) is 11.5 Å². The Morgan fingerprint density at radius 3 is 2.47 bits per heavy atom. The number of ether oxygens (including phenoxy) is 3. The molecule has 1 unspecified atom stereocenters. The van der Waals surface area contributed by atoms with Crippen molar-refractivity contribution in [3.8, 4) is 11.5 Å². The normalized spacial score (nSPS) is 21.2. The maximum absolute atomic E-state index is 6.33. The summed E-state index contributed by atoms with van der Waals surface area (Å²) in [6, 6.07) is 10.4. The summed E-state index contributed by atoms with van der Waals surface area (Å²) in [7, 11) is 3.38. The molecule has 1 aromatic carbocycles. The highest BCUT2D eigenvalue weighted by molar-refractivity contribution is 5.51. The van der Waals surface area contributed by atoms with Crippen LogP contribution < -0.4 is 14.4 Å². The molecule has 162 valence electrons. The molecule has 0 amide bonds. The molecule has 0 N–H and O–H groups in total. The van der Waals surface area contributed by atoms with E-state index in [2.05, 4.69) is 52.9 Å². The topological polar surface area (TPSA) is 47.1 Å². The highest BCUT2D eigenvalue weighted by atomic mass is 16.5. The maximum atomic E-state index is 6.33. The Morgan fingerprint density at radius 2 is 1.80 bits per heavy atom. The number of anilines is 1. The summed E-state index contributed by atoms with van der Waals surface area (Å²) in [4.78, 5) is 9.38. The van der Waals surface area contributed by atoms with Gasteiger partial charge in [-0.15, -0.1) is 0 Å². The van der Waals surface area contributed by atoms with E-state index in [1.54, 1.807) is 14.2 Å². The van der Waals surface area contributed by atoms with Gasteiger partial charge in [-0.2, -0.15) is 0 Å². The molecule has 3 heterocycles. The molecule has 1 aromatic heterocycles. The van der Waals surface area contributed by atoms with Crippen LogP contribution in [0.5, 0.6) is 11.5 Å². The molecule has 1 saturated heterocycles. The van der Waals surface area contributed by atoms with Gasteiger partial charge in [0.05, 0.1) is 26.9 Å². The van der Waals surface area contributed by atoms with E-state index in [4.69, 9.17) is 14.2 Å². The van der Waals surface area contributed by atoms with Gasteiger partial charge in [0.2, 0.25) is 0 Å². The molecule has 2 aromatic rings. The number of hydrogen-bond donors (Lipinski definition) is 0. The average Bonchev–Trinajstić information content (AvgIpc) is 2.78. The van der Waals surface area contributed by atoms with Crippen molar-refractivity contribution in [2.45, 2.75) is 31.8 Å². The van der Waals surface area contributed by atoms with E-state index >= 15 is 0 Å². The van der Waals surface area contributed by atoms with E-state index in [1.807, 2.05) is 12.3 Å². The van der Waals surface area contributed by atoms with Crippen molar-refractivity contribution >= 4 is 5.82 Å². The number of piperazine rings is 1. The molecular weight excluding hydrogens is 378 g/mol. The van der Waals surface area contributed by atoms with Gasteiger partial charge in [0.1, 0.15) is 5.82 Å². The first-order chi connectivity index (χ1) is 14.5. The van der Waals surface area contributed by atoms with Crippen molar-refractivity contribution in [2.75, 3.05) is 58.5 Å². The Bertz CT molecular complexity index is 848. The van der Waals surface area contributed by atoms with Gasteiger partial charge >= 0.3 is 0 Å². The first-order valence-electron chi connectivity index (χ1n) is 10.8. The standard InChI is InChI=1S/C24H33N3O3/c1-24(2)17-30-20(18-15-21(28-3)22(29-4)16-19(18)24)8-10-26-11-13-27(14-12-26)23-7-5-6-9-25-23/h5-7,9,15-16,20H,8,10-14,17H2,1-4H3. The molecule has 6 heteroatoms. The maximum Gasteiger partial charge on any atom is 0.161 e. The Balaban J connectivity index is 1.41. The highest BCUT2D eigenvalue weighted by Crippen LogP contribution is 2.44. The summed E-state index contributed by atoms with van der Waals surface area (Å²) in [6.45, 7) is 10.3. The largest absolute Gasteiger partial charge is 0.493 e. The van der Waals surface area contributed by atoms with Gasteiger partial charge in [0.15, 0.2) is 11.5 Å². The predicted octanol–water partition coefficient (Wildman–Crippen LogP) is 3.66.